The standard InChI is InChI=1S/C15H27N3/c1-12(2)7-9-18(5)15-6-8-16-14(10-15)11-17-13(3)4/h6,8,10,12-13,17H,7,9,11H2,1-5H3. The zero-order chi connectivity index (χ0) is 13.5. The second kappa shape index (κ2) is 7.37. The van der Waals surface area contributed by atoms with Crippen molar-refractivity contribution in [2.45, 2.75) is 46.7 Å². The van der Waals surface area contributed by atoms with Crippen molar-refractivity contribution in [3.63, 3.8) is 0 Å². The first-order valence-electron chi connectivity index (χ1n) is 6.88. The highest BCUT2D eigenvalue weighted by molar-refractivity contribution is 5.45. The maximum absolute atomic E-state index is 4.40. The summed E-state index contributed by atoms with van der Waals surface area (Å²) in [6.07, 6.45) is 3.12. The van der Waals surface area contributed by atoms with E-state index in [1.54, 1.807) is 0 Å². The molecular weight excluding hydrogens is 222 g/mol. The Balaban J connectivity index is 2.57. The van der Waals surface area contributed by atoms with E-state index in [1.165, 1.54) is 12.1 Å². The Morgan fingerprint density at radius 2 is 2.00 bits per heavy atom. The molecule has 1 N–H and O–H groups in total. The van der Waals surface area contributed by atoms with Crippen molar-refractivity contribution in [3.8, 4) is 0 Å². The summed E-state index contributed by atoms with van der Waals surface area (Å²) < 4.78 is 0. The predicted molar refractivity (Wildman–Crippen MR) is 78.9 cm³/mol. The summed E-state index contributed by atoms with van der Waals surface area (Å²) in [7, 11) is 2.15. The van der Waals surface area contributed by atoms with Crippen LogP contribution in [0.3, 0.4) is 0 Å². The number of nitrogens with one attached hydrogen (secondary N) is 1. The first kappa shape index (κ1) is 15.0. The average Bonchev–Trinajstić information content (AvgIpc) is 2.33. The smallest absolute Gasteiger partial charge is 0.0562 e. The molecule has 0 saturated heterocycles. The normalized spacial score (nSPS) is 11.3. The lowest BCUT2D eigenvalue weighted by Crippen LogP contribution is -2.23. The van der Waals surface area contributed by atoms with Crippen molar-refractivity contribution in [1.29, 1.82) is 0 Å². The van der Waals surface area contributed by atoms with Gasteiger partial charge in [-0.1, -0.05) is 27.7 Å². The number of hydrogen-bond acceptors (Lipinski definition) is 3. The Morgan fingerprint density at radius 3 is 2.61 bits per heavy atom. The van der Waals surface area contributed by atoms with Gasteiger partial charge >= 0.3 is 0 Å². The molecular formula is C15H27N3. The molecule has 1 rings (SSSR count). The molecule has 102 valence electrons. The molecule has 0 spiro atoms. The summed E-state index contributed by atoms with van der Waals surface area (Å²) in [6.45, 7) is 10.8. The molecule has 0 atom stereocenters. The van der Waals surface area contributed by atoms with Gasteiger partial charge in [0.2, 0.25) is 0 Å². The van der Waals surface area contributed by atoms with Crippen LogP contribution in [0.25, 0.3) is 0 Å². The SMILES string of the molecule is CC(C)CCN(C)c1ccnc(CNC(C)C)c1. The van der Waals surface area contributed by atoms with Crippen molar-refractivity contribution in [1.82, 2.24) is 10.3 Å². The molecule has 0 aliphatic rings. The van der Waals surface area contributed by atoms with E-state index in [9.17, 15) is 0 Å². The monoisotopic (exact) mass is 249 g/mol. The Kier molecular flexibility index (Phi) is 6.13. The third-order valence-electron chi connectivity index (χ3n) is 2.97. The lowest BCUT2D eigenvalue weighted by atomic mass is 10.1. The van der Waals surface area contributed by atoms with Gasteiger partial charge in [0.15, 0.2) is 0 Å². The second-order valence-electron chi connectivity index (χ2n) is 5.65. The number of aromatic nitrogens is 1. The van der Waals surface area contributed by atoms with E-state index < -0.39 is 0 Å². The van der Waals surface area contributed by atoms with Gasteiger partial charge in [0, 0.05) is 38.1 Å². The maximum atomic E-state index is 4.40. The highest BCUT2D eigenvalue weighted by atomic mass is 15.1. The van der Waals surface area contributed by atoms with Crippen LogP contribution in [0.5, 0.6) is 0 Å². The second-order valence-corrected chi connectivity index (χ2v) is 5.65. The van der Waals surface area contributed by atoms with Crippen molar-refractivity contribution >= 4 is 5.69 Å². The molecule has 0 unspecified atom stereocenters. The van der Waals surface area contributed by atoms with Crippen LogP contribution in [0, 0.1) is 5.92 Å². The topological polar surface area (TPSA) is 28.2 Å². The van der Waals surface area contributed by atoms with Crippen molar-refractivity contribution in [2.24, 2.45) is 5.92 Å². The summed E-state index contributed by atoms with van der Waals surface area (Å²) in [6, 6.07) is 4.75. The Bertz CT molecular complexity index is 347. The quantitative estimate of drug-likeness (QED) is 0.805. The van der Waals surface area contributed by atoms with Gasteiger partial charge in [-0.2, -0.15) is 0 Å². The van der Waals surface area contributed by atoms with Crippen molar-refractivity contribution in [3.05, 3.63) is 24.0 Å². The molecule has 1 aromatic heterocycles. The number of hydrogen-bond donors (Lipinski definition) is 1. The summed E-state index contributed by atoms with van der Waals surface area (Å²) in [4.78, 5) is 6.71. The minimum atomic E-state index is 0.495. The van der Waals surface area contributed by atoms with Crippen LogP contribution in [0.4, 0.5) is 5.69 Å². The van der Waals surface area contributed by atoms with Crippen molar-refractivity contribution < 1.29 is 0 Å². The predicted octanol–water partition coefficient (Wildman–Crippen LogP) is 3.06. The van der Waals surface area contributed by atoms with Gasteiger partial charge in [0.25, 0.3) is 0 Å². The number of pyridine rings is 1. The third-order valence-corrected chi connectivity index (χ3v) is 2.97. The highest BCUT2D eigenvalue weighted by Gasteiger charge is 2.04. The fourth-order valence-corrected chi connectivity index (χ4v) is 1.69. The summed E-state index contributed by atoms with van der Waals surface area (Å²) in [5.41, 5.74) is 2.36. The minimum absolute atomic E-state index is 0.495. The Labute approximate surface area is 112 Å². The summed E-state index contributed by atoms with van der Waals surface area (Å²) in [5.74, 6) is 0.747. The molecule has 0 amide bonds. The van der Waals surface area contributed by atoms with Crippen LogP contribution in [-0.2, 0) is 6.54 Å². The first-order valence-corrected chi connectivity index (χ1v) is 6.88. The lowest BCUT2D eigenvalue weighted by molar-refractivity contribution is 0.579. The van der Waals surface area contributed by atoms with Gasteiger partial charge in [0.1, 0.15) is 0 Å². The first-order chi connectivity index (χ1) is 8.49. The fourth-order valence-electron chi connectivity index (χ4n) is 1.69. The van der Waals surface area contributed by atoms with Gasteiger partial charge in [-0.15, -0.1) is 0 Å². The lowest BCUT2D eigenvalue weighted by Gasteiger charge is -2.21. The Morgan fingerprint density at radius 1 is 1.28 bits per heavy atom. The molecule has 3 heteroatoms. The Hall–Kier alpha value is -1.09. The summed E-state index contributed by atoms with van der Waals surface area (Å²) >= 11 is 0. The van der Waals surface area contributed by atoms with E-state index in [4.69, 9.17) is 0 Å². The van der Waals surface area contributed by atoms with Crippen LogP contribution in [0.2, 0.25) is 0 Å². The van der Waals surface area contributed by atoms with E-state index in [1.807, 2.05) is 6.20 Å². The van der Waals surface area contributed by atoms with E-state index in [2.05, 4.69) is 62.1 Å². The molecule has 0 aliphatic heterocycles. The van der Waals surface area contributed by atoms with Gasteiger partial charge in [-0.25, -0.2) is 0 Å². The molecule has 0 fully saturated rings. The number of nitrogens with zero attached hydrogens (tertiary/aromatic N) is 2. The highest BCUT2D eigenvalue weighted by Crippen LogP contribution is 2.14. The average molecular weight is 249 g/mol. The van der Waals surface area contributed by atoms with Gasteiger partial charge < -0.3 is 10.2 Å². The van der Waals surface area contributed by atoms with E-state index >= 15 is 0 Å². The molecule has 1 heterocycles. The van der Waals surface area contributed by atoms with Gasteiger partial charge in [-0.3, -0.25) is 4.98 Å². The maximum Gasteiger partial charge on any atom is 0.0562 e. The summed E-state index contributed by atoms with van der Waals surface area (Å²) in [5, 5.41) is 3.40. The molecule has 0 bridgehead atoms. The third kappa shape index (κ3) is 5.50. The zero-order valence-electron chi connectivity index (χ0n) is 12.4. The molecule has 1 aromatic rings. The molecule has 3 nitrogen and oxygen atoms in total. The van der Waals surface area contributed by atoms with E-state index in [-0.39, 0.29) is 0 Å². The van der Waals surface area contributed by atoms with Crippen LogP contribution in [0.15, 0.2) is 18.3 Å². The zero-order valence-corrected chi connectivity index (χ0v) is 12.4. The molecule has 0 saturated carbocycles. The molecule has 18 heavy (non-hydrogen) atoms. The van der Waals surface area contributed by atoms with E-state index in [0.717, 1.165) is 24.7 Å². The fraction of sp³-hybridized carbons (Fsp3) is 0.667. The van der Waals surface area contributed by atoms with Crippen LogP contribution >= 0.6 is 0 Å². The largest absolute Gasteiger partial charge is 0.374 e. The van der Waals surface area contributed by atoms with Gasteiger partial charge in [0.05, 0.1) is 5.69 Å². The van der Waals surface area contributed by atoms with Gasteiger partial charge in [-0.05, 0) is 24.5 Å². The molecule has 0 radical (unpaired) electrons. The van der Waals surface area contributed by atoms with Crippen molar-refractivity contribution in [2.75, 3.05) is 18.5 Å². The molecule has 0 aromatic carbocycles. The number of rotatable bonds is 7. The minimum Gasteiger partial charge on any atom is -0.374 e. The van der Waals surface area contributed by atoms with Crippen LogP contribution in [0.1, 0.15) is 39.8 Å². The van der Waals surface area contributed by atoms with Crippen LogP contribution in [-0.4, -0.2) is 24.6 Å². The van der Waals surface area contributed by atoms with E-state index in [0.29, 0.717) is 6.04 Å². The number of anilines is 1. The molecule has 0 aliphatic carbocycles. The van der Waals surface area contributed by atoms with Crippen LogP contribution < -0.4 is 10.2 Å².